The zero-order valence-electron chi connectivity index (χ0n) is 21.0. The molecule has 5 nitrogen and oxygen atoms in total. The molecule has 0 unspecified atom stereocenters. The van der Waals surface area contributed by atoms with E-state index in [4.69, 9.17) is 14.2 Å². The molecule has 1 fully saturated rings. The van der Waals surface area contributed by atoms with Crippen LogP contribution in [0.15, 0.2) is 78.9 Å². The summed E-state index contributed by atoms with van der Waals surface area (Å²) in [6.45, 7) is 2.90. The Kier molecular flexibility index (Phi) is 8.09. The predicted molar refractivity (Wildman–Crippen MR) is 138 cm³/mol. The van der Waals surface area contributed by atoms with Crippen LogP contribution in [0, 0.1) is 5.92 Å². The third-order valence-electron chi connectivity index (χ3n) is 7.34. The molecule has 5 heteroatoms. The Bertz CT molecular complexity index is 1100. The average Bonchev–Trinajstić information content (AvgIpc) is 3.36. The van der Waals surface area contributed by atoms with Crippen LogP contribution in [0.4, 0.5) is 0 Å². The summed E-state index contributed by atoms with van der Waals surface area (Å²) in [7, 11) is 4.80. The first-order valence-electron chi connectivity index (χ1n) is 12.2. The van der Waals surface area contributed by atoms with Crippen molar-refractivity contribution in [2.45, 2.75) is 44.3 Å². The lowest BCUT2D eigenvalue weighted by molar-refractivity contribution is -0.148. The third-order valence-corrected chi connectivity index (χ3v) is 7.34. The van der Waals surface area contributed by atoms with Gasteiger partial charge in [-0.05, 0) is 54.5 Å². The summed E-state index contributed by atoms with van der Waals surface area (Å²) in [6, 6.07) is 27.0. The molecule has 184 valence electrons. The maximum atomic E-state index is 13.2. The lowest BCUT2D eigenvalue weighted by Gasteiger charge is -2.38. The maximum Gasteiger partial charge on any atom is 0.310 e. The largest absolute Gasteiger partial charge is 0.493 e. The molecule has 0 aliphatic heterocycles. The summed E-state index contributed by atoms with van der Waals surface area (Å²) >= 11 is 0. The molecule has 0 saturated heterocycles. The fraction of sp³-hybridized carbons (Fsp3) is 0.367. The highest BCUT2D eigenvalue weighted by Gasteiger charge is 2.46. The van der Waals surface area contributed by atoms with Gasteiger partial charge >= 0.3 is 5.97 Å². The number of rotatable bonds is 9. The van der Waals surface area contributed by atoms with Crippen LogP contribution in [0.5, 0.6) is 11.5 Å². The van der Waals surface area contributed by atoms with Gasteiger partial charge in [0.1, 0.15) is 0 Å². The molecule has 4 rings (SSSR count). The molecule has 1 aliphatic rings. The van der Waals surface area contributed by atoms with Gasteiger partial charge in [0.2, 0.25) is 0 Å². The minimum atomic E-state index is -0.242. The van der Waals surface area contributed by atoms with Gasteiger partial charge in [0.15, 0.2) is 11.5 Å². The van der Waals surface area contributed by atoms with Gasteiger partial charge in [-0.1, -0.05) is 66.7 Å². The van der Waals surface area contributed by atoms with Crippen LogP contribution in [-0.4, -0.2) is 38.2 Å². The molecule has 0 bridgehead atoms. The topological polar surface area (TPSA) is 48.0 Å². The van der Waals surface area contributed by atoms with Crippen molar-refractivity contribution in [1.82, 2.24) is 4.90 Å². The van der Waals surface area contributed by atoms with Gasteiger partial charge in [-0.15, -0.1) is 0 Å². The van der Waals surface area contributed by atoms with Crippen LogP contribution < -0.4 is 9.47 Å². The molecule has 0 N–H and O–H groups in total. The molecule has 0 spiro atoms. The molecule has 35 heavy (non-hydrogen) atoms. The number of hydrogen-bond donors (Lipinski definition) is 0. The van der Waals surface area contributed by atoms with Crippen molar-refractivity contribution in [3.05, 3.63) is 95.6 Å². The van der Waals surface area contributed by atoms with Crippen molar-refractivity contribution in [2.24, 2.45) is 5.92 Å². The van der Waals surface area contributed by atoms with Crippen molar-refractivity contribution >= 4 is 5.97 Å². The van der Waals surface area contributed by atoms with Gasteiger partial charge in [-0.2, -0.15) is 0 Å². The quantitative estimate of drug-likeness (QED) is 0.357. The van der Waals surface area contributed by atoms with Crippen molar-refractivity contribution in [3.8, 4) is 11.5 Å². The molecule has 4 atom stereocenters. The van der Waals surface area contributed by atoms with Crippen LogP contribution in [0.3, 0.4) is 0 Å². The molecule has 3 aromatic carbocycles. The minimum Gasteiger partial charge on any atom is -0.493 e. The fourth-order valence-corrected chi connectivity index (χ4v) is 5.54. The van der Waals surface area contributed by atoms with Gasteiger partial charge in [-0.25, -0.2) is 0 Å². The molecular formula is C30H35NO4. The second kappa shape index (κ2) is 11.4. The number of carbonyl (C=O) groups excluding carboxylic acids is 1. The second-order valence-corrected chi connectivity index (χ2v) is 9.16. The van der Waals surface area contributed by atoms with Crippen LogP contribution in [0.25, 0.3) is 0 Å². The lowest BCUT2D eigenvalue weighted by atomic mass is 9.86. The van der Waals surface area contributed by atoms with E-state index in [0.29, 0.717) is 18.0 Å². The molecule has 0 aromatic heterocycles. The first-order chi connectivity index (χ1) is 17.1. The van der Waals surface area contributed by atoms with Gasteiger partial charge in [0, 0.05) is 18.6 Å². The Morgan fingerprint density at radius 2 is 1.54 bits per heavy atom. The van der Waals surface area contributed by atoms with E-state index in [1.54, 1.807) is 14.2 Å². The number of benzene rings is 3. The summed E-state index contributed by atoms with van der Waals surface area (Å²) in [5, 5.41) is 0. The van der Waals surface area contributed by atoms with E-state index in [0.717, 1.165) is 18.4 Å². The van der Waals surface area contributed by atoms with Crippen LogP contribution in [0.1, 0.15) is 48.4 Å². The van der Waals surface area contributed by atoms with E-state index in [9.17, 15) is 4.79 Å². The predicted octanol–water partition coefficient (Wildman–Crippen LogP) is 6.00. The minimum absolute atomic E-state index is 0.0379. The summed E-state index contributed by atoms with van der Waals surface area (Å²) < 4.78 is 16.4. The number of carbonyl (C=O) groups is 1. The maximum absolute atomic E-state index is 13.2. The summed E-state index contributed by atoms with van der Waals surface area (Å²) in [5.41, 5.74) is 3.53. The first-order valence-corrected chi connectivity index (χ1v) is 12.2. The lowest BCUT2D eigenvalue weighted by Crippen LogP contribution is -2.43. The van der Waals surface area contributed by atoms with E-state index in [-0.39, 0.29) is 29.9 Å². The van der Waals surface area contributed by atoms with Gasteiger partial charge < -0.3 is 14.2 Å². The normalized spacial score (nSPS) is 20.4. The Hall–Kier alpha value is -3.31. The van der Waals surface area contributed by atoms with E-state index >= 15 is 0 Å². The van der Waals surface area contributed by atoms with Crippen molar-refractivity contribution in [1.29, 1.82) is 0 Å². The van der Waals surface area contributed by atoms with Crippen LogP contribution >= 0.6 is 0 Å². The fourth-order valence-electron chi connectivity index (χ4n) is 5.54. The Balaban J connectivity index is 1.73. The van der Waals surface area contributed by atoms with Crippen molar-refractivity contribution < 1.29 is 19.0 Å². The van der Waals surface area contributed by atoms with E-state index < -0.39 is 0 Å². The highest BCUT2D eigenvalue weighted by atomic mass is 16.5. The van der Waals surface area contributed by atoms with E-state index in [2.05, 4.69) is 54.3 Å². The number of esters is 1. The zero-order chi connectivity index (χ0) is 24.8. The monoisotopic (exact) mass is 473 g/mol. The SMILES string of the molecule is COC(=O)[C@@H]1[C@@H](c2ccccc2)CC[C@@H]1N(Cc1ccc(OC)c(OC)c1)[C@H](C)c1ccccc1. The summed E-state index contributed by atoms with van der Waals surface area (Å²) in [5.74, 6) is 1.16. The number of methoxy groups -OCH3 is 3. The smallest absolute Gasteiger partial charge is 0.310 e. The molecule has 0 radical (unpaired) electrons. The standard InChI is InChI=1S/C30H35NO4/c1-21(23-11-7-5-8-12-23)31(20-22-15-18-27(33-2)28(19-22)34-3)26-17-16-25(29(26)30(32)35-4)24-13-9-6-10-14-24/h5-15,18-19,21,25-26,29H,16-17,20H2,1-4H3/t21-,25-,26+,29-/m1/s1. The van der Waals surface area contributed by atoms with Crippen LogP contribution in [0.2, 0.25) is 0 Å². The van der Waals surface area contributed by atoms with Gasteiger partial charge in [-0.3, -0.25) is 9.69 Å². The number of nitrogens with zero attached hydrogens (tertiary/aromatic N) is 1. The molecule has 1 saturated carbocycles. The van der Waals surface area contributed by atoms with Crippen molar-refractivity contribution in [3.63, 3.8) is 0 Å². The Labute approximate surface area is 208 Å². The highest BCUT2D eigenvalue weighted by molar-refractivity contribution is 5.75. The van der Waals surface area contributed by atoms with Crippen molar-refractivity contribution in [2.75, 3.05) is 21.3 Å². The third kappa shape index (κ3) is 5.35. The molecule has 1 aliphatic carbocycles. The second-order valence-electron chi connectivity index (χ2n) is 9.16. The van der Waals surface area contributed by atoms with E-state index in [1.165, 1.54) is 18.2 Å². The van der Waals surface area contributed by atoms with Gasteiger partial charge in [0.05, 0.1) is 27.2 Å². The zero-order valence-corrected chi connectivity index (χ0v) is 21.0. The molecule has 0 amide bonds. The van der Waals surface area contributed by atoms with Gasteiger partial charge in [0.25, 0.3) is 0 Å². The summed E-state index contributed by atoms with van der Waals surface area (Å²) in [6.07, 6.45) is 1.86. The molecule has 3 aromatic rings. The van der Waals surface area contributed by atoms with Crippen LogP contribution in [-0.2, 0) is 16.1 Å². The average molecular weight is 474 g/mol. The highest BCUT2D eigenvalue weighted by Crippen LogP contribution is 2.45. The molecule has 0 heterocycles. The Morgan fingerprint density at radius 3 is 2.17 bits per heavy atom. The summed E-state index contributed by atoms with van der Waals surface area (Å²) in [4.78, 5) is 15.7. The number of hydrogen-bond acceptors (Lipinski definition) is 5. The van der Waals surface area contributed by atoms with E-state index in [1.807, 2.05) is 36.4 Å². The first kappa shape index (κ1) is 24.8. The number of ether oxygens (including phenoxy) is 3. The Morgan fingerprint density at radius 1 is 0.886 bits per heavy atom. The molecular weight excluding hydrogens is 438 g/mol.